The van der Waals surface area contributed by atoms with Gasteiger partial charge in [0.15, 0.2) is 0 Å². The summed E-state index contributed by atoms with van der Waals surface area (Å²) in [4.78, 5) is 14.1. The molecule has 3 rings (SSSR count). The van der Waals surface area contributed by atoms with Gasteiger partial charge in [-0.3, -0.25) is 4.79 Å². The van der Waals surface area contributed by atoms with E-state index >= 15 is 0 Å². The van der Waals surface area contributed by atoms with Crippen molar-refractivity contribution in [2.24, 2.45) is 0 Å². The van der Waals surface area contributed by atoms with Crippen molar-refractivity contribution in [1.29, 1.82) is 0 Å². The second kappa shape index (κ2) is 6.03. The van der Waals surface area contributed by atoms with Crippen molar-refractivity contribution in [1.82, 2.24) is 14.7 Å². The number of ether oxygens (including phenoxy) is 1. The van der Waals surface area contributed by atoms with Crippen molar-refractivity contribution < 1.29 is 14.6 Å². The maximum absolute atomic E-state index is 12.5. The molecule has 1 aromatic heterocycles. The van der Waals surface area contributed by atoms with Crippen LogP contribution in [0.1, 0.15) is 10.4 Å². The van der Waals surface area contributed by atoms with Gasteiger partial charge >= 0.3 is 0 Å². The van der Waals surface area contributed by atoms with E-state index in [0.29, 0.717) is 17.9 Å². The standard InChI is InChI=1S/C16H17N3O3/c1-22-15-7-3-2-6-14(15)19-10-12(9-17-19)16(21)18-8-4-5-13(18)11-20/h2-7,9-10,13,20H,8,11H2,1H3. The normalized spacial score (nSPS) is 17.0. The number of aliphatic hydroxyl groups excluding tert-OH is 1. The van der Waals surface area contributed by atoms with Gasteiger partial charge < -0.3 is 14.7 Å². The molecule has 6 heteroatoms. The van der Waals surface area contributed by atoms with Gasteiger partial charge in [0.2, 0.25) is 0 Å². The van der Waals surface area contributed by atoms with Crippen LogP contribution < -0.4 is 4.74 Å². The van der Waals surface area contributed by atoms with Gasteiger partial charge in [-0.25, -0.2) is 4.68 Å². The third-order valence-corrected chi connectivity index (χ3v) is 3.67. The predicted octanol–water partition coefficient (Wildman–Crippen LogP) is 1.25. The predicted molar refractivity (Wildman–Crippen MR) is 81.2 cm³/mol. The molecule has 2 aromatic rings. The van der Waals surface area contributed by atoms with Crippen molar-refractivity contribution in [2.75, 3.05) is 20.3 Å². The first-order valence-corrected chi connectivity index (χ1v) is 7.01. The summed E-state index contributed by atoms with van der Waals surface area (Å²) in [7, 11) is 1.59. The average molecular weight is 299 g/mol. The Morgan fingerprint density at radius 1 is 1.45 bits per heavy atom. The van der Waals surface area contributed by atoms with Crippen LogP contribution in [0.5, 0.6) is 5.75 Å². The van der Waals surface area contributed by atoms with Gasteiger partial charge in [-0.2, -0.15) is 5.10 Å². The van der Waals surface area contributed by atoms with E-state index in [-0.39, 0.29) is 18.6 Å². The highest BCUT2D eigenvalue weighted by atomic mass is 16.5. The third-order valence-electron chi connectivity index (χ3n) is 3.67. The highest BCUT2D eigenvalue weighted by molar-refractivity contribution is 5.94. The number of carbonyl (C=O) groups is 1. The van der Waals surface area contributed by atoms with Gasteiger partial charge in [0, 0.05) is 12.7 Å². The highest BCUT2D eigenvalue weighted by Crippen LogP contribution is 2.22. The zero-order chi connectivity index (χ0) is 15.5. The number of rotatable bonds is 4. The van der Waals surface area contributed by atoms with E-state index in [0.717, 1.165) is 5.69 Å². The van der Waals surface area contributed by atoms with Crippen molar-refractivity contribution in [3.63, 3.8) is 0 Å². The van der Waals surface area contributed by atoms with Crippen LogP contribution in [0.25, 0.3) is 5.69 Å². The maximum Gasteiger partial charge on any atom is 0.257 e. The van der Waals surface area contributed by atoms with Crippen LogP contribution in [0.15, 0.2) is 48.8 Å². The molecule has 1 aliphatic rings. The average Bonchev–Trinajstić information content (AvgIpc) is 3.23. The van der Waals surface area contributed by atoms with E-state index in [1.807, 2.05) is 36.4 Å². The van der Waals surface area contributed by atoms with Crippen molar-refractivity contribution in [2.45, 2.75) is 6.04 Å². The fourth-order valence-electron chi connectivity index (χ4n) is 2.51. The zero-order valence-corrected chi connectivity index (χ0v) is 12.2. The Bertz CT molecular complexity index is 708. The van der Waals surface area contributed by atoms with Crippen molar-refractivity contribution in [3.05, 3.63) is 54.4 Å². The molecule has 1 unspecified atom stereocenters. The van der Waals surface area contributed by atoms with Gasteiger partial charge in [-0.15, -0.1) is 0 Å². The zero-order valence-electron chi connectivity index (χ0n) is 12.2. The van der Waals surface area contributed by atoms with Crippen LogP contribution in [-0.4, -0.2) is 52.0 Å². The first kappa shape index (κ1) is 14.3. The highest BCUT2D eigenvalue weighted by Gasteiger charge is 2.26. The summed E-state index contributed by atoms with van der Waals surface area (Å²) in [6, 6.07) is 7.20. The summed E-state index contributed by atoms with van der Waals surface area (Å²) >= 11 is 0. The molecule has 0 spiro atoms. The topological polar surface area (TPSA) is 67.6 Å². The smallest absolute Gasteiger partial charge is 0.257 e. The fraction of sp³-hybridized carbons (Fsp3) is 0.250. The molecule has 22 heavy (non-hydrogen) atoms. The van der Waals surface area contributed by atoms with Gasteiger partial charge in [-0.1, -0.05) is 24.3 Å². The minimum absolute atomic E-state index is 0.0805. The molecule has 0 saturated heterocycles. The fourth-order valence-corrected chi connectivity index (χ4v) is 2.51. The summed E-state index contributed by atoms with van der Waals surface area (Å²) in [5.41, 5.74) is 1.25. The largest absolute Gasteiger partial charge is 0.494 e. The third kappa shape index (κ3) is 2.48. The lowest BCUT2D eigenvalue weighted by Gasteiger charge is -2.22. The number of aliphatic hydroxyl groups is 1. The summed E-state index contributed by atoms with van der Waals surface area (Å²) in [6.45, 7) is 0.423. The Hall–Kier alpha value is -2.60. The second-order valence-corrected chi connectivity index (χ2v) is 4.98. The number of benzene rings is 1. The first-order chi connectivity index (χ1) is 10.7. The van der Waals surface area contributed by atoms with Crippen LogP contribution in [0, 0.1) is 0 Å². The molecule has 0 aliphatic carbocycles. The van der Waals surface area contributed by atoms with Gasteiger partial charge in [0.25, 0.3) is 5.91 Å². The van der Waals surface area contributed by atoms with E-state index < -0.39 is 0 Å². The number of amides is 1. The molecule has 0 radical (unpaired) electrons. The molecule has 1 aromatic carbocycles. The Labute approximate surface area is 128 Å². The van der Waals surface area contributed by atoms with Crippen molar-refractivity contribution >= 4 is 5.91 Å². The monoisotopic (exact) mass is 299 g/mol. The summed E-state index contributed by atoms with van der Waals surface area (Å²) in [6.07, 6.45) is 6.92. The minimum atomic E-state index is -0.262. The van der Waals surface area contributed by atoms with E-state index in [2.05, 4.69) is 5.10 Å². The molecule has 0 saturated carbocycles. The Balaban J connectivity index is 1.86. The van der Waals surface area contributed by atoms with E-state index in [4.69, 9.17) is 4.74 Å². The Kier molecular flexibility index (Phi) is 3.93. The minimum Gasteiger partial charge on any atom is -0.494 e. The van der Waals surface area contributed by atoms with E-state index in [1.54, 1.807) is 22.9 Å². The summed E-state index contributed by atoms with van der Waals surface area (Å²) in [5.74, 6) is 0.533. The SMILES string of the molecule is COc1ccccc1-n1cc(C(=O)N2CC=CC2CO)cn1. The quantitative estimate of drug-likeness (QED) is 0.863. The Morgan fingerprint density at radius 3 is 3.05 bits per heavy atom. The first-order valence-electron chi connectivity index (χ1n) is 7.01. The lowest BCUT2D eigenvalue weighted by atomic mass is 10.2. The molecule has 1 N–H and O–H groups in total. The van der Waals surface area contributed by atoms with Crippen LogP contribution in [0.3, 0.4) is 0 Å². The summed E-state index contributed by atoms with van der Waals surface area (Å²) < 4.78 is 6.92. The lowest BCUT2D eigenvalue weighted by molar-refractivity contribution is 0.0700. The maximum atomic E-state index is 12.5. The Morgan fingerprint density at radius 2 is 2.27 bits per heavy atom. The van der Waals surface area contributed by atoms with Crippen LogP contribution >= 0.6 is 0 Å². The number of methoxy groups -OCH3 is 1. The number of hydrogen-bond acceptors (Lipinski definition) is 4. The molecule has 1 atom stereocenters. The molecule has 1 amide bonds. The molecular formula is C16H17N3O3. The molecular weight excluding hydrogens is 282 g/mol. The molecule has 2 heterocycles. The number of carbonyl (C=O) groups excluding carboxylic acids is 1. The number of aromatic nitrogens is 2. The molecule has 1 aliphatic heterocycles. The number of para-hydroxylation sites is 2. The van der Waals surface area contributed by atoms with Crippen molar-refractivity contribution in [3.8, 4) is 11.4 Å². The van der Waals surface area contributed by atoms with Crippen LogP contribution in [-0.2, 0) is 0 Å². The van der Waals surface area contributed by atoms with Crippen LogP contribution in [0.2, 0.25) is 0 Å². The molecule has 6 nitrogen and oxygen atoms in total. The lowest BCUT2D eigenvalue weighted by Crippen LogP contribution is -2.38. The number of hydrogen-bond donors (Lipinski definition) is 1. The van der Waals surface area contributed by atoms with Crippen LogP contribution in [0.4, 0.5) is 0 Å². The van der Waals surface area contributed by atoms with Gasteiger partial charge in [0.1, 0.15) is 11.4 Å². The molecule has 0 bridgehead atoms. The van der Waals surface area contributed by atoms with E-state index in [9.17, 15) is 9.90 Å². The van der Waals surface area contributed by atoms with E-state index in [1.165, 1.54) is 6.20 Å². The summed E-state index contributed by atoms with van der Waals surface area (Å²) in [5, 5.41) is 13.5. The van der Waals surface area contributed by atoms with Gasteiger partial charge in [0.05, 0.1) is 31.5 Å². The second-order valence-electron chi connectivity index (χ2n) is 4.98. The molecule has 114 valence electrons. The molecule has 0 fully saturated rings. The number of nitrogens with zero attached hydrogens (tertiary/aromatic N) is 3. The van der Waals surface area contributed by atoms with Gasteiger partial charge in [-0.05, 0) is 12.1 Å².